The van der Waals surface area contributed by atoms with Crippen molar-refractivity contribution in [2.24, 2.45) is 4.99 Å². The molecule has 7 heteroatoms. The number of benzene rings is 1. The van der Waals surface area contributed by atoms with Crippen LogP contribution in [0.15, 0.2) is 34.6 Å². The molecule has 0 aliphatic carbocycles. The summed E-state index contributed by atoms with van der Waals surface area (Å²) in [4.78, 5) is 8.69. The Kier molecular flexibility index (Phi) is 8.92. The van der Waals surface area contributed by atoms with Gasteiger partial charge in [-0.3, -0.25) is 4.99 Å². The third kappa shape index (κ3) is 7.41. The fourth-order valence-corrected chi connectivity index (χ4v) is 2.99. The van der Waals surface area contributed by atoms with E-state index in [1.165, 1.54) is 0 Å². The maximum atomic E-state index is 5.70. The Labute approximate surface area is 159 Å². The monoisotopic (exact) mass is 376 g/mol. The van der Waals surface area contributed by atoms with Crippen LogP contribution < -0.4 is 15.4 Å². The zero-order chi connectivity index (χ0) is 18.6. The number of hydrogen-bond donors (Lipinski definition) is 2. The maximum Gasteiger partial charge on any atom is 0.190 e. The molecule has 0 saturated heterocycles. The first-order chi connectivity index (χ1) is 12.7. The van der Waals surface area contributed by atoms with Crippen molar-refractivity contribution in [3.05, 3.63) is 45.9 Å². The van der Waals surface area contributed by atoms with E-state index in [0.717, 1.165) is 53.9 Å². The fourth-order valence-electron chi connectivity index (χ4n) is 2.35. The molecule has 2 rings (SSSR count). The van der Waals surface area contributed by atoms with Crippen molar-refractivity contribution in [1.82, 2.24) is 15.6 Å². The average molecular weight is 377 g/mol. The molecule has 6 nitrogen and oxygen atoms in total. The van der Waals surface area contributed by atoms with E-state index in [1.54, 1.807) is 25.5 Å². The molecular weight excluding hydrogens is 348 g/mol. The zero-order valence-electron chi connectivity index (χ0n) is 15.7. The molecule has 0 unspecified atom stereocenters. The summed E-state index contributed by atoms with van der Waals surface area (Å²) in [6, 6.07) is 7.94. The van der Waals surface area contributed by atoms with E-state index in [2.05, 4.69) is 26.0 Å². The van der Waals surface area contributed by atoms with Crippen molar-refractivity contribution in [2.75, 3.05) is 33.9 Å². The van der Waals surface area contributed by atoms with Crippen LogP contribution in [0.3, 0.4) is 0 Å². The van der Waals surface area contributed by atoms with Gasteiger partial charge in [-0.05, 0) is 31.0 Å². The molecular formula is C19H28N4O2S. The quantitative estimate of drug-likeness (QED) is 0.379. The van der Waals surface area contributed by atoms with Crippen LogP contribution in [0.4, 0.5) is 0 Å². The number of aryl methyl sites for hydroxylation is 1. The van der Waals surface area contributed by atoms with Gasteiger partial charge < -0.3 is 20.1 Å². The van der Waals surface area contributed by atoms with Crippen LogP contribution in [0.25, 0.3) is 0 Å². The second-order valence-corrected chi connectivity index (χ2v) is 6.85. The Morgan fingerprint density at radius 1 is 1.19 bits per heavy atom. The number of aromatic nitrogens is 1. The van der Waals surface area contributed by atoms with Crippen LogP contribution in [0.5, 0.6) is 5.75 Å². The summed E-state index contributed by atoms with van der Waals surface area (Å²) >= 11 is 1.69. The number of nitrogens with zero attached hydrogens (tertiary/aromatic N) is 2. The number of aliphatic imine (C=N–C) groups is 1. The van der Waals surface area contributed by atoms with Gasteiger partial charge >= 0.3 is 0 Å². The predicted octanol–water partition coefficient (Wildman–Crippen LogP) is 2.77. The van der Waals surface area contributed by atoms with E-state index < -0.39 is 0 Å². The first-order valence-electron chi connectivity index (χ1n) is 8.77. The first kappa shape index (κ1) is 20.2. The predicted molar refractivity (Wildman–Crippen MR) is 107 cm³/mol. The smallest absolute Gasteiger partial charge is 0.190 e. The highest BCUT2D eigenvalue weighted by atomic mass is 32.1. The molecule has 1 aromatic carbocycles. The highest BCUT2D eigenvalue weighted by Crippen LogP contribution is 2.12. The summed E-state index contributed by atoms with van der Waals surface area (Å²) in [5, 5.41) is 9.82. The summed E-state index contributed by atoms with van der Waals surface area (Å²) in [6.45, 7) is 4.98. The summed E-state index contributed by atoms with van der Waals surface area (Å²) in [5.74, 6) is 1.67. The normalized spacial score (nSPS) is 11.4. The molecule has 1 aromatic heterocycles. The van der Waals surface area contributed by atoms with Crippen LogP contribution in [-0.2, 0) is 17.8 Å². The summed E-state index contributed by atoms with van der Waals surface area (Å²) in [7, 11) is 3.45. The largest absolute Gasteiger partial charge is 0.497 e. The van der Waals surface area contributed by atoms with Crippen LogP contribution in [-0.4, -0.2) is 44.8 Å². The minimum Gasteiger partial charge on any atom is -0.497 e. The Balaban J connectivity index is 1.53. The molecule has 142 valence electrons. The lowest BCUT2D eigenvalue weighted by molar-refractivity contribution is 0.119. The number of nitrogens with one attached hydrogen (secondary N) is 2. The Morgan fingerprint density at radius 3 is 2.62 bits per heavy atom. The van der Waals surface area contributed by atoms with Gasteiger partial charge in [-0.2, -0.15) is 0 Å². The van der Waals surface area contributed by atoms with Gasteiger partial charge in [-0.1, -0.05) is 12.1 Å². The number of hydrogen-bond acceptors (Lipinski definition) is 5. The van der Waals surface area contributed by atoms with Gasteiger partial charge in [0, 0.05) is 38.5 Å². The van der Waals surface area contributed by atoms with E-state index in [0.29, 0.717) is 13.2 Å². The molecule has 0 saturated carbocycles. The highest BCUT2D eigenvalue weighted by Gasteiger charge is 2.01. The van der Waals surface area contributed by atoms with Gasteiger partial charge in [0.15, 0.2) is 5.96 Å². The topological polar surface area (TPSA) is 67.8 Å². The third-order valence-corrected chi connectivity index (χ3v) is 4.57. The SMILES string of the molecule is CN=C(NCCCOCc1ccc(OC)cc1)NCCc1csc(C)n1. The second kappa shape index (κ2) is 11.5. The number of ether oxygens (including phenoxy) is 2. The average Bonchev–Trinajstić information content (AvgIpc) is 3.08. The van der Waals surface area contributed by atoms with Crippen molar-refractivity contribution < 1.29 is 9.47 Å². The van der Waals surface area contributed by atoms with Crippen molar-refractivity contribution >= 4 is 17.3 Å². The molecule has 0 aliphatic rings. The van der Waals surface area contributed by atoms with E-state index in [1.807, 2.05) is 31.2 Å². The molecule has 0 aliphatic heterocycles. The Hall–Kier alpha value is -2.12. The van der Waals surface area contributed by atoms with E-state index >= 15 is 0 Å². The Bertz CT molecular complexity index is 670. The van der Waals surface area contributed by atoms with E-state index in [9.17, 15) is 0 Å². The van der Waals surface area contributed by atoms with Crippen LogP contribution in [0, 0.1) is 6.92 Å². The molecule has 0 atom stereocenters. The Morgan fingerprint density at radius 2 is 1.96 bits per heavy atom. The number of rotatable bonds is 10. The van der Waals surface area contributed by atoms with Crippen LogP contribution in [0.2, 0.25) is 0 Å². The maximum absolute atomic E-state index is 5.70. The van der Waals surface area contributed by atoms with E-state index in [4.69, 9.17) is 9.47 Å². The standard InChI is InChI=1S/C19H28N4O2S/c1-15-23-17(14-26-15)9-11-22-19(20-2)21-10-4-12-25-13-16-5-7-18(24-3)8-6-16/h5-8,14H,4,9-13H2,1-3H3,(H2,20,21,22). The minimum atomic E-state index is 0.615. The number of thiazole rings is 1. The lowest BCUT2D eigenvalue weighted by Gasteiger charge is -2.11. The summed E-state index contributed by atoms with van der Waals surface area (Å²) < 4.78 is 10.8. The van der Waals surface area contributed by atoms with Gasteiger partial charge in [-0.15, -0.1) is 11.3 Å². The summed E-state index contributed by atoms with van der Waals surface area (Å²) in [6.07, 6.45) is 1.82. The van der Waals surface area contributed by atoms with Gasteiger partial charge in [0.1, 0.15) is 5.75 Å². The molecule has 0 bridgehead atoms. The molecule has 2 N–H and O–H groups in total. The van der Waals surface area contributed by atoms with Crippen molar-refractivity contribution in [1.29, 1.82) is 0 Å². The first-order valence-corrected chi connectivity index (χ1v) is 9.65. The molecule has 0 radical (unpaired) electrons. The van der Waals surface area contributed by atoms with Crippen molar-refractivity contribution in [3.63, 3.8) is 0 Å². The van der Waals surface area contributed by atoms with Crippen LogP contribution in [0.1, 0.15) is 22.7 Å². The second-order valence-electron chi connectivity index (χ2n) is 5.79. The lowest BCUT2D eigenvalue weighted by Crippen LogP contribution is -2.39. The molecule has 0 fully saturated rings. The highest BCUT2D eigenvalue weighted by molar-refractivity contribution is 7.09. The molecule has 1 heterocycles. The lowest BCUT2D eigenvalue weighted by atomic mass is 10.2. The van der Waals surface area contributed by atoms with Crippen molar-refractivity contribution in [3.8, 4) is 5.75 Å². The minimum absolute atomic E-state index is 0.615. The van der Waals surface area contributed by atoms with Crippen LogP contribution >= 0.6 is 11.3 Å². The molecule has 26 heavy (non-hydrogen) atoms. The number of methoxy groups -OCH3 is 1. The fraction of sp³-hybridized carbons (Fsp3) is 0.474. The van der Waals surface area contributed by atoms with E-state index in [-0.39, 0.29) is 0 Å². The van der Waals surface area contributed by atoms with Gasteiger partial charge in [0.05, 0.1) is 24.4 Å². The third-order valence-electron chi connectivity index (χ3n) is 3.75. The molecule has 2 aromatic rings. The molecule has 0 spiro atoms. The summed E-state index contributed by atoms with van der Waals surface area (Å²) in [5.41, 5.74) is 2.27. The van der Waals surface area contributed by atoms with Gasteiger partial charge in [0.25, 0.3) is 0 Å². The van der Waals surface area contributed by atoms with Gasteiger partial charge in [-0.25, -0.2) is 4.98 Å². The number of guanidine groups is 1. The zero-order valence-corrected chi connectivity index (χ0v) is 16.6. The van der Waals surface area contributed by atoms with Crippen molar-refractivity contribution in [2.45, 2.75) is 26.4 Å². The molecule has 0 amide bonds. The van der Waals surface area contributed by atoms with Gasteiger partial charge in [0.2, 0.25) is 0 Å².